The van der Waals surface area contributed by atoms with Crippen molar-refractivity contribution < 1.29 is 18.8 Å². The lowest BCUT2D eigenvalue weighted by Gasteiger charge is -2.28. The first-order valence-corrected chi connectivity index (χ1v) is 10.00. The Bertz CT molecular complexity index is 1030. The number of aromatic nitrogens is 3. The molecule has 0 spiro atoms. The highest BCUT2D eigenvalue weighted by atomic mass is 16.5. The Kier molecular flexibility index (Phi) is 6.08. The molecule has 1 aliphatic rings. The molecule has 0 atom stereocenters. The second kappa shape index (κ2) is 9.08. The first kappa shape index (κ1) is 20.1. The van der Waals surface area contributed by atoms with E-state index in [4.69, 9.17) is 19.0 Å². The van der Waals surface area contributed by atoms with Crippen LogP contribution in [0.3, 0.4) is 0 Å². The van der Waals surface area contributed by atoms with Gasteiger partial charge in [-0.25, -0.2) is 4.98 Å². The number of carbonyl (C=O) groups excluding carboxylic acids is 1. The van der Waals surface area contributed by atoms with Gasteiger partial charge in [0.25, 0.3) is 5.71 Å². The summed E-state index contributed by atoms with van der Waals surface area (Å²) in [5.41, 5.74) is 2.14. The van der Waals surface area contributed by atoms with Crippen molar-refractivity contribution in [2.75, 3.05) is 38.3 Å². The van der Waals surface area contributed by atoms with Gasteiger partial charge in [0.1, 0.15) is 22.8 Å². The summed E-state index contributed by atoms with van der Waals surface area (Å²) in [5.74, 6) is 2.03. The molecular formula is C21H25N5O4. The second-order valence-corrected chi connectivity index (χ2v) is 7.10. The predicted octanol–water partition coefficient (Wildman–Crippen LogP) is 2.02. The van der Waals surface area contributed by atoms with Crippen LogP contribution in [0.2, 0.25) is 0 Å². The SMILES string of the molecule is COc1ccccc1CNC(=O)CCc1nc(N2CCOCC2)c2c(C)noc2n1. The highest BCUT2D eigenvalue weighted by Gasteiger charge is 2.21. The van der Waals surface area contributed by atoms with E-state index in [2.05, 4.69) is 20.4 Å². The van der Waals surface area contributed by atoms with Gasteiger partial charge in [0.05, 0.1) is 26.0 Å². The minimum absolute atomic E-state index is 0.0775. The summed E-state index contributed by atoms with van der Waals surface area (Å²) in [6, 6.07) is 7.61. The van der Waals surface area contributed by atoms with Crippen LogP contribution in [-0.4, -0.2) is 54.4 Å². The molecule has 1 saturated heterocycles. The summed E-state index contributed by atoms with van der Waals surface area (Å²) < 4.78 is 16.2. The lowest BCUT2D eigenvalue weighted by molar-refractivity contribution is -0.121. The maximum absolute atomic E-state index is 12.4. The van der Waals surface area contributed by atoms with E-state index in [1.165, 1.54) is 0 Å². The fraction of sp³-hybridized carbons (Fsp3) is 0.429. The minimum Gasteiger partial charge on any atom is -0.496 e. The normalized spacial score (nSPS) is 14.1. The van der Waals surface area contributed by atoms with Crippen molar-refractivity contribution in [1.82, 2.24) is 20.4 Å². The van der Waals surface area contributed by atoms with E-state index in [1.54, 1.807) is 7.11 Å². The number of methoxy groups -OCH3 is 1. The van der Waals surface area contributed by atoms with Crippen molar-refractivity contribution in [3.8, 4) is 5.75 Å². The molecule has 3 heterocycles. The van der Waals surface area contributed by atoms with Crippen LogP contribution in [0.5, 0.6) is 5.75 Å². The molecular weight excluding hydrogens is 386 g/mol. The molecule has 9 nitrogen and oxygen atoms in total. The number of amides is 1. The zero-order chi connectivity index (χ0) is 20.9. The molecule has 0 saturated carbocycles. The Morgan fingerprint density at radius 2 is 2.03 bits per heavy atom. The molecule has 0 radical (unpaired) electrons. The monoisotopic (exact) mass is 411 g/mol. The van der Waals surface area contributed by atoms with E-state index >= 15 is 0 Å². The fourth-order valence-corrected chi connectivity index (χ4v) is 3.48. The van der Waals surface area contributed by atoms with Crippen molar-refractivity contribution in [3.05, 3.63) is 41.3 Å². The van der Waals surface area contributed by atoms with Crippen LogP contribution in [0.4, 0.5) is 5.82 Å². The fourth-order valence-electron chi connectivity index (χ4n) is 3.48. The Labute approximate surface area is 174 Å². The largest absolute Gasteiger partial charge is 0.496 e. The molecule has 2 aromatic heterocycles. The summed E-state index contributed by atoms with van der Waals surface area (Å²) in [5, 5.41) is 7.79. The van der Waals surface area contributed by atoms with Crippen molar-refractivity contribution in [1.29, 1.82) is 0 Å². The summed E-state index contributed by atoms with van der Waals surface area (Å²) in [4.78, 5) is 23.7. The quantitative estimate of drug-likeness (QED) is 0.630. The van der Waals surface area contributed by atoms with Crippen LogP contribution in [0.15, 0.2) is 28.8 Å². The molecule has 30 heavy (non-hydrogen) atoms. The van der Waals surface area contributed by atoms with Crippen LogP contribution >= 0.6 is 0 Å². The van der Waals surface area contributed by atoms with E-state index in [9.17, 15) is 4.79 Å². The van der Waals surface area contributed by atoms with Crippen LogP contribution in [0, 0.1) is 6.92 Å². The molecule has 3 aromatic rings. The highest BCUT2D eigenvalue weighted by molar-refractivity contribution is 5.88. The van der Waals surface area contributed by atoms with Crippen LogP contribution in [0.1, 0.15) is 23.5 Å². The van der Waals surface area contributed by atoms with E-state index in [0.717, 1.165) is 41.3 Å². The Hall–Kier alpha value is -3.20. The van der Waals surface area contributed by atoms with Crippen molar-refractivity contribution in [3.63, 3.8) is 0 Å². The Morgan fingerprint density at radius 3 is 2.83 bits per heavy atom. The summed E-state index contributed by atoms with van der Waals surface area (Å²) >= 11 is 0. The number of rotatable bonds is 7. The summed E-state index contributed by atoms with van der Waals surface area (Å²) in [7, 11) is 1.62. The van der Waals surface area contributed by atoms with Crippen molar-refractivity contribution >= 4 is 22.8 Å². The molecule has 4 rings (SSSR count). The molecule has 0 aliphatic carbocycles. The number of nitrogens with one attached hydrogen (secondary N) is 1. The molecule has 9 heteroatoms. The number of morpholine rings is 1. The van der Waals surface area contributed by atoms with Gasteiger partial charge in [-0.05, 0) is 13.0 Å². The molecule has 0 unspecified atom stereocenters. The first-order valence-electron chi connectivity index (χ1n) is 10.00. The van der Waals surface area contributed by atoms with Gasteiger partial charge in [-0.2, -0.15) is 4.98 Å². The van der Waals surface area contributed by atoms with E-state index in [-0.39, 0.29) is 12.3 Å². The zero-order valence-electron chi connectivity index (χ0n) is 17.2. The first-order chi connectivity index (χ1) is 14.7. The summed E-state index contributed by atoms with van der Waals surface area (Å²) in [6.45, 7) is 5.07. The minimum atomic E-state index is -0.0775. The number of ether oxygens (including phenoxy) is 2. The lowest BCUT2D eigenvalue weighted by Crippen LogP contribution is -2.37. The van der Waals surface area contributed by atoms with E-state index in [0.29, 0.717) is 37.7 Å². The molecule has 1 aromatic carbocycles. The summed E-state index contributed by atoms with van der Waals surface area (Å²) in [6.07, 6.45) is 0.682. The number of carbonyl (C=O) groups is 1. The number of hydrogen-bond acceptors (Lipinski definition) is 8. The van der Waals surface area contributed by atoms with Gasteiger partial charge in [-0.1, -0.05) is 23.4 Å². The Balaban J connectivity index is 1.44. The van der Waals surface area contributed by atoms with Gasteiger partial charge in [0.15, 0.2) is 0 Å². The highest BCUT2D eigenvalue weighted by Crippen LogP contribution is 2.27. The average molecular weight is 411 g/mol. The maximum atomic E-state index is 12.4. The van der Waals surface area contributed by atoms with Gasteiger partial charge in [-0.3, -0.25) is 4.79 Å². The number of benzene rings is 1. The number of anilines is 1. The standard InChI is InChI=1S/C21H25N5O4/c1-14-19-20(26-9-11-29-12-10-26)23-17(24-21(19)30-25-14)7-8-18(27)22-13-15-5-3-4-6-16(15)28-2/h3-6H,7-13H2,1-2H3,(H,22,27). The number of nitrogens with zero attached hydrogens (tertiary/aromatic N) is 4. The maximum Gasteiger partial charge on any atom is 0.263 e. The van der Waals surface area contributed by atoms with E-state index in [1.807, 2.05) is 31.2 Å². The topological polar surface area (TPSA) is 103 Å². The number of aryl methyl sites for hydroxylation is 2. The zero-order valence-corrected chi connectivity index (χ0v) is 17.2. The van der Waals surface area contributed by atoms with Crippen LogP contribution in [-0.2, 0) is 22.5 Å². The van der Waals surface area contributed by atoms with Gasteiger partial charge in [0.2, 0.25) is 5.91 Å². The van der Waals surface area contributed by atoms with E-state index < -0.39 is 0 Å². The third-order valence-corrected chi connectivity index (χ3v) is 5.09. The van der Waals surface area contributed by atoms with Gasteiger partial charge < -0.3 is 24.2 Å². The number of hydrogen-bond donors (Lipinski definition) is 1. The second-order valence-electron chi connectivity index (χ2n) is 7.10. The van der Waals surface area contributed by atoms with Crippen molar-refractivity contribution in [2.45, 2.75) is 26.3 Å². The van der Waals surface area contributed by atoms with Gasteiger partial charge >= 0.3 is 0 Å². The Morgan fingerprint density at radius 1 is 1.23 bits per heavy atom. The van der Waals surface area contributed by atoms with Crippen LogP contribution in [0.25, 0.3) is 11.1 Å². The third-order valence-electron chi connectivity index (χ3n) is 5.09. The van der Waals surface area contributed by atoms with Gasteiger partial charge in [0, 0.05) is 38.0 Å². The third kappa shape index (κ3) is 4.35. The van der Waals surface area contributed by atoms with Crippen LogP contribution < -0.4 is 15.0 Å². The van der Waals surface area contributed by atoms with Gasteiger partial charge in [-0.15, -0.1) is 0 Å². The molecule has 1 amide bonds. The average Bonchev–Trinajstić information content (AvgIpc) is 3.17. The number of para-hydroxylation sites is 1. The predicted molar refractivity (Wildman–Crippen MR) is 111 cm³/mol. The number of fused-ring (bicyclic) bond motifs is 1. The lowest BCUT2D eigenvalue weighted by atomic mass is 10.2. The van der Waals surface area contributed by atoms with Crippen molar-refractivity contribution in [2.24, 2.45) is 0 Å². The smallest absolute Gasteiger partial charge is 0.263 e. The molecule has 1 fully saturated rings. The molecule has 0 bridgehead atoms. The molecule has 1 N–H and O–H groups in total. The molecule has 158 valence electrons. The molecule has 1 aliphatic heterocycles.